The van der Waals surface area contributed by atoms with Gasteiger partial charge in [-0.15, -0.1) is 0 Å². The molecule has 0 heterocycles. The molecule has 0 amide bonds. The maximum atomic E-state index is 13.4. The van der Waals surface area contributed by atoms with Crippen LogP contribution >= 0.6 is 0 Å². The van der Waals surface area contributed by atoms with Gasteiger partial charge in [0.05, 0.1) is 0 Å². The van der Waals surface area contributed by atoms with Gasteiger partial charge in [0.2, 0.25) is 0 Å². The summed E-state index contributed by atoms with van der Waals surface area (Å²) in [5, 5.41) is 10.9. The van der Waals surface area contributed by atoms with E-state index in [2.05, 4.69) is 24.3 Å². The molecule has 0 saturated carbocycles. The summed E-state index contributed by atoms with van der Waals surface area (Å²) >= 11 is 0. The van der Waals surface area contributed by atoms with Gasteiger partial charge in [-0.1, -0.05) is 72.8 Å². The number of hydrogen-bond donors (Lipinski definition) is 0. The molecule has 0 bridgehead atoms. The largest absolute Gasteiger partial charge is 0.289 e. The molecule has 0 radical (unpaired) electrons. The summed E-state index contributed by atoms with van der Waals surface area (Å²) in [5.41, 5.74) is 0.121. The Labute approximate surface area is 170 Å². The molecule has 0 N–H and O–H groups in total. The first kappa shape index (κ1) is 15.8. The van der Waals surface area contributed by atoms with Crippen LogP contribution < -0.4 is 10.9 Å². The van der Waals surface area contributed by atoms with Crippen LogP contribution in [0, 0.1) is 0 Å². The van der Waals surface area contributed by atoms with Gasteiger partial charge in [-0.3, -0.25) is 9.59 Å². The number of benzene rings is 5. The lowest BCUT2D eigenvalue weighted by atomic mass is 9.96. The number of rotatable bonds is 0. The van der Waals surface area contributed by atoms with Gasteiger partial charge in [0.15, 0.2) is 10.9 Å². The molecule has 0 atom stereocenters. The maximum Gasteiger partial charge on any atom is 0.194 e. The lowest BCUT2D eigenvalue weighted by Gasteiger charge is -2.06. The van der Waals surface area contributed by atoms with Gasteiger partial charge in [0.1, 0.15) is 0 Å². The second kappa shape index (κ2) is 5.31. The van der Waals surface area contributed by atoms with Gasteiger partial charge in [-0.05, 0) is 49.8 Å². The standard InChI is InChI=1S/C28H14O2/c29-27-20-7-3-2-6-18(20)23-13-16-10-9-15-11-12-19-17-5-1-4-8-21(17)28(30)26(19)25(15)22(16)14-24(23)27/h1-14H. The van der Waals surface area contributed by atoms with Crippen molar-refractivity contribution < 1.29 is 0 Å². The van der Waals surface area contributed by atoms with Crippen molar-refractivity contribution >= 4 is 64.6 Å². The van der Waals surface area contributed by atoms with E-state index in [1.165, 1.54) is 0 Å². The highest BCUT2D eigenvalue weighted by molar-refractivity contribution is 6.28. The first-order chi connectivity index (χ1) is 14.7. The number of hydrogen-bond acceptors (Lipinski definition) is 2. The quantitative estimate of drug-likeness (QED) is 0.293. The van der Waals surface area contributed by atoms with Crippen LogP contribution in [-0.2, 0) is 0 Å². The zero-order chi connectivity index (χ0) is 20.0. The molecule has 7 aromatic rings. The van der Waals surface area contributed by atoms with Crippen molar-refractivity contribution in [3.05, 3.63) is 105 Å². The van der Waals surface area contributed by atoms with E-state index in [1.54, 1.807) is 0 Å². The minimum Gasteiger partial charge on any atom is -0.289 e. The summed E-state index contributed by atoms with van der Waals surface area (Å²) < 4.78 is 0. The fourth-order valence-electron chi connectivity index (χ4n) is 5.18. The second-order valence-electron chi connectivity index (χ2n) is 8.02. The summed E-state index contributed by atoms with van der Waals surface area (Å²) in [6.07, 6.45) is 0. The van der Waals surface area contributed by atoms with Crippen LogP contribution in [0.25, 0.3) is 64.6 Å². The molecule has 7 rings (SSSR count). The molecule has 0 aliphatic carbocycles. The Morgan fingerprint density at radius 2 is 0.967 bits per heavy atom. The third-order valence-corrected chi connectivity index (χ3v) is 6.53. The van der Waals surface area contributed by atoms with Crippen LogP contribution in [0.3, 0.4) is 0 Å². The highest BCUT2D eigenvalue weighted by Gasteiger charge is 2.16. The van der Waals surface area contributed by atoms with E-state index < -0.39 is 0 Å². The van der Waals surface area contributed by atoms with E-state index in [0.717, 1.165) is 64.6 Å². The van der Waals surface area contributed by atoms with E-state index in [9.17, 15) is 9.59 Å². The summed E-state index contributed by atoms with van der Waals surface area (Å²) in [4.78, 5) is 26.4. The second-order valence-corrected chi connectivity index (χ2v) is 8.02. The van der Waals surface area contributed by atoms with E-state index in [-0.39, 0.29) is 10.9 Å². The SMILES string of the molecule is O=c1c2ccccc2c2cc3ccc4ccc5c6ccccc6c(=O)c5c4c3cc12. The molecule has 7 aromatic carbocycles. The van der Waals surface area contributed by atoms with Gasteiger partial charge >= 0.3 is 0 Å². The third kappa shape index (κ3) is 1.79. The normalized spacial score (nSPS) is 12.3. The van der Waals surface area contributed by atoms with Gasteiger partial charge in [-0.2, -0.15) is 0 Å². The Balaban J connectivity index is 1.80. The van der Waals surface area contributed by atoms with Crippen molar-refractivity contribution in [3.8, 4) is 0 Å². The van der Waals surface area contributed by atoms with Crippen molar-refractivity contribution in [1.29, 1.82) is 0 Å². The first-order valence-electron chi connectivity index (χ1n) is 10.0. The first-order valence-corrected chi connectivity index (χ1v) is 10.0. The van der Waals surface area contributed by atoms with Gasteiger partial charge < -0.3 is 0 Å². The maximum absolute atomic E-state index is 13.4. The molecule has 2 heteroatoms. The predicted octanol–water partition coefficient (Wildman–Crippen LogP) is 6.20. The molecular weight excluding hydrogens is 368 g/mol. The molecule has 0 spiro atoms. The predicted molar refractivity (Wildman–Crippen MR) is 126 cm³/mol. The molecular formula is C28H14O2. The molecule has 0 saturated heterocycles. The molecule has 0 aromatic heterocycles. The van der Waals surface area contributed by atoms with E-state index >= 15 is 0 Å². The monoisotopic (exact) mass is 382 g/mol. The van der Waals surface area contributed by atoms with E-state index in [0.29, 0.717) is 0 Å². The smallest absolute Gasteiger partial charge is 0.194 e. The fraction of sp³-hybridized carbons (Fsp3) is 0. The van der Waals surface area contributed by atoms with Crippen LogP contribution in [0.4, 0.5) is 0 Å². The summed E-state index contributed by atoms with van der Waals surface area (Å²) in [6, 6.07) is 27.9. The molecule has 0 aliphatic heterocycles. The molecule has 0 aliphatic rings. The van der Waals surface area contributed by atoms with Crippen molar-refractivity contribution in [3.63, 3.8) is 0 Å². The Morgan fingerprint density at radius 1 is 0.367 bits per heavy atom. The van der Waals surface area contributed by atoms with Crippen molar-refractivity contribution in [1.82, 2.24) is 0 Å². The minimum atomic E-state index is 0.0571. The Hall–Kier alpha value is -4.04. The molecule has 2 nitrogen and oxygen atoms in total. The van der Waals surface area contributed by atoms with Crippen LogP contribution in [-0.4, -0.2) is 0 Å². The van der Waals surface area contributed by atoms with E-state index in [4.69, 9.17) is 0 Å². The van der Waals surface area contributed by atoms with Gasteiger partial charge in [0, 0.05) is 26.9 Å². The Kier molecular flexibility index (Phi) is 2.80. The third-order valence-electron chi connectivity index (χ3n) is 6.53. The van der Waals surface area contributed by atoms with Crippen molar-refractivity contribution in [2.24, 2.45) is 0 Å². The highest BCUT2D eigenvalue weighted by Crippen LogP contribution is 2.37. The highest BCUT2D eigenvalue weighted by atomic mass is 16.1. The molecule has 0 fully saturated rings. The zero-order valence-corrected chi connectivity index (χ0v) is 15.9. The minimum absolute atomic E-state index is 0.0571. The van der Waals surface area contributed by atoms with Crippen LogP contribution in [0.1, 0.15) is 0 Å². The molecule has 30 heavy (non-hydrogen) atoms. The summed E-state index contributed by atoms with van der Waals surface area (Å²) in [6.45, 7) is 0. The van der Waals surface area contributed by atoms with Crippen LogP contribution in [0.5, 0.6) is 0 Å². The van der Waals surface area contributed by atoms with Gasteiger partial charge in [0.25, 0.3) is 0 Å². The van der Waals surface area contributed by atoms with Gasteiger partial charge in [-0.25, -0.2) is 0 Å². The Morgan fingerprint density at radius 3 is 1.73 bits per heavy atom. The van der Waals surface area contributed by atoms with Crippen molar-refractivity contribution in [2.75, 3.05) is 0 Å². The van der Waals surface area contributed by atoms with Crippen LogP contribution in [0.2, 0.25) is 0 Å². The molecule has 0 unspecified atom stereocenters. The lowest BCUT2D eigenvalue weighted by Crippen LogP contribution is -1.96. The zero-order valence-electron chi connectivity index (χ0n) is 15.9. The summed E-state index contributed by atoms with van der Waals surface area (Å²) in [5.74, 6) is 0. The summed E-state index contributed by atoms with van der Waals surface area (Å²) in [7, 11) is 0. The Bertz CT molecular complexity index is 1930. The number of fused-ring (bicyclic) bond motifs is 10. The topological polar surface area (TPSA) is 34.1 Å². The lowest BCUT2D eigenvalue weighted by molar-refractivity contribution is 1.80. The average Bonchev–Trinajstić information content (AvgIpc) is 3.24. The molecule has 138 valence electrons. The fourth-order valence-corrected chi connectivity index (χ4v) is 5.18. The average molecular weight is 382 g/mol. The van der Waals surface area contributed by atoms with Crippen molar-refractivity contribution in [2.45, 2.75) is 0 Å². The van der Waals surface area contributed by atoms with E-state index in [1.807, 2.05) is 60.7 Å². The van der Waals surface area contributed by atoms with Crippen LogP contribution in [0.15, 0.2) is 94.5 Å².